The lowest BCUT2D eigenvalue weighted by atomic mass is 10.2. The molecule has 1 saturated heterocycles. The summed E-state index contributed by atoms with van der Waals surface area (Å²) in [4.78, 5) is 10.8. The van der Waals surface area contributed by atoms with E-state index in [2.05, 4.69) is 19.6 Å². The molecule has 25 heavy (non-hydrogen) atoms. The second-order valence-corrected chi connectivity index (χ2v) is 8.01. The predicted molar refractivity (Wildman–Crippen MR) is 96.4 cm³/mol. The predicted octanol–water partition coefficient (Wildman–Crippen LogP) is 1.59. The Morgan fingerprint density at radius 1 is 1.16 bits per heavy atom. The number of nitrogens with zero attached hydrogens (tertiary/aromatic N) is 3. The number of nitrogens with two attached hydrogens (primary N) is 1. The zero-order valence-corrected chi connectivity index (χ0v) is 14.8. The summed E-state index contributed by atoms with van der Waals surface area (Å²) < 4.78 is 26.9. The van der Waals surface area contributed by atoms with Gasteiger partial charge in [-0.3, -0.25) is 4.90 Å². The molecule has 2 aromatic rings. The van der Waals surface area contributed by atoms with Crippen molar-refractivity contribution < 1.29 is 8.42 Å². The molecular formula is C17H23N5O2S. The van der Waals surface area contributed by atoms with Crippen molar-refractivity contribution in [3.63, 3.8) is 0 Å². The minimum absolute atomic E-state index is 0.0696. The van der Waals surface area contributed by atoms with E-state index in [0.717, 1.165) is 44.5 Å². The molecule has 1 aromatic heterocycles. The fourth-order valence-corrected chi connectivity index (χ4v) is 3.90. The molecule has 134 valence electrons. The monoisotopic (exact) mass is 361 g/mol. The van der Waals surface area contributed by atoms with Gasteiger partial charge in [-0.1, -0.05) is 24.6 Å². The van der Waals surface area contributed by atoms with Gasteiger partial charge in [-0.05, 0) is 31.5 Å². The minimum Gasteiger partial charge on any atom is -0.327 e. The Hall–Kier alpha value is -2.03. The van der Waals surface area contributed by atoms with Crippen molar-refractivity contribution >= 4 is 16.0 Å². The van der Waals surface area contributed by atoms with Crippen molar-refractivity contribution in [3.05, 3.63) is 48.3 Å². The molecular weight excluding hydrogens is 338 g/mol. The SMILES string of the molecule is NC1CCCCN(Cc2cnc(NS(=O)(=O)c3ccccc3)nc2)C1. The Morgan fingerprint density at radius 3 is 2.60 bits per heavy atom. The topological polar surface area (TPSA) is 101 Å². The van der Waals surface area contributed by atoms with Gasteiger partial charge >= 0.3 is 0 Å². The third-order valence-corrected chi connectivity index (χ3v) is 5.53. The van der Waals surface area contributed by atoms with Crippen LogP contribution in [0.25, 0.3) is 0 Å². The number of hydrogen-bond donors (Lipinski definition) is 2. The molecule has 0 bridgehead atoms. The largest absolute Gasteiger partial charge is 0.327 e. The van der Waals surface area contributed by atoms with Crippen molar-refractivity contribution in [1.82, 2.24) is 14.9 Å². The Bertz CT molecular complexity index is 780. The van der Waals surface area contributed by atoms with Gasteiger partial charge in [-0.2, -0.15) is 0 Å². The standard InChI is InChI=1S/C17H23N5O2S/c18-15-6-4-5-9-22(13-15)12-14-10-19-17(20-11-14)21-25(23,24)16-7-2-1-3-8-16/h1-3,7-8,10-11,15H,4-6,9,12-13,18H2,(H,19,20,21). The van der Waals surface area contributed by atoms with Gasteiger partial charge in [-0.25, -0.2) is 23.1 Å². The first-order chi connectivity index (χ1) is 12.0. The first-order valence-electron chi connectivity index (χ1n) is 8.40. The summed E-state index contributed by atoms with van der Waals surface area (Å²) in [6, 6.07) is 8.37. The van der Waals surface area contributed by atoms with E-state index in [4.69, 9.17) is 5.73 Å². The molecule has 7 nitrogen and oxygen atoms in total. The van der Waals surface area contributed by atoms with Crippen LogP contribution >= 0.6 is 0 Å². The summed E-state index contributed by atoms with van der Waals surface area (Å²) in [5.74, 6) is 0.0696. The summed E-state index contributed by atoms with van der Waals surface area (Å²) in [6.45, 7) is 2.60. The number of hydrogen-bond acceptors (Lipinski definition) is 6. The van der Waals surface area contributed by atoms with Crippen LogP contribution in [0, 0.1) is 0 Å². The van der Waals surface area contributed by atoms with Gasteiger partial charge in [-0.15, -0.1) is 0 Å². The maximum absolute atomic E-state index is 12.3. The normalized spacial score (nSPS) is 19.3. The molecule has 1 aromatic carbocycles. The molecule has 2 heterocycles. The van der Waals surface area contributed by atoms with Crippen LogP contribution in [0.15, 0.2) is 47.6 Å². The molecule has 0 spiro atoms. The molecule has 8 heteroatoms. The maximum atomic E-state index is 12.3. The Labute approximate surface area is 148 Å². The van der Waals surface area contributed by atoms with Crippen molar-refractivity contribution in [2.75, 3.05) is 17.8 Å². The average molecular weight is 361 g/mol. The number of likely N-dealkylation sites (tertiary alicyclic amines) is 1. The molecule has 0 radical (unpaired) electrons. The van der Waals surface area contributed by atoms with Crippen LogP contribution in [0.1, 0.15) is 24.8 Å². The van der Waals surface area contributed by atoms with Crippen molar-refractivity contribution in [1.29, 1.82) is 0 Å². The highest BCUT2D eigenvalue weighted by atomic mass is 32.2. The highest BCUT2D eigenvalue weighted by Crippen LogP contribution is 2.14. The van der Waals surface area contributed by atoms with E-state index in [-0.39, 0.29) is 16.9 Å². The summed E-state index contributed by atoms with van der Waals surface area (Å²) in [7, 11) is -3.67. The lowest BCUT2D eigenvalue weighted by Crippen LogP contribution is -2.35. The summed E-state index contributed by atoms with van der Waals surface area (Å²) in [5.41, 5.74) is 7.02. The molecule has 3 rings (SSSR count). The number of benzene rings is 1. The van der Waals surface area contributed by atoms with Crippen molar-refractivity contribution in [3.8, 4) is 0 Å². The zero-order valence-electron chi connectivity index (χ0n) is 14.0. The maximum Gasteiger partial charge on any atom is 0.264 e. The number of sulfonamides is 1. The fraction of sp³-hybridized carbons (Fsp3) is 0.412. The molecule has 0 amide bonds. The highest BCUT2D eigenvalue weighted by Gasteiger charge is 2.17. The van der Waals surface area contributed by atoms with Gasteiger partial charge in [0.2, 0.25) is 5.95 Å². The smallest absolute Gasteiger partial charge is 0.264 e. The van der Waals surface area contributed by atoms with E-state index < -0.39 is 10.0 Å². The molecule has 1 aliphatic heterocycles. The number of nitrogens with one attached hydrogen (secondary N) is 1. The van der Waals surface area contributed by atoms with Gasteiger partial charge in [0.15, 0.2) is 0 Å². The van der Waals surface area contributed by atoms with Gasteiger partial charge in [0.1, 0.15) is 0 Å². The van der Waals surface area contributed by atoms with Crippen molar-refractivity contribution in [2.24, 2.45) is 5.73 Å². The first-order valence-corrected chi connectivity index (χ1v) is 9.88. The third kappa shape index (κ3) is 4.97. The Kier molecular flexibility index (Phi) is 5.62. The zero-order chi connectivity index (χ0) is 17.7. The molecule has 0 aliphatic carbocycles. The van der Waals surface area contributed by atoms with E-state index in [0.29, 0.717) is 0 Å². The summed E-state index contributed by atoms with van der Waals surface area (Å²) in [6.07, 6.45) is 6.68. The van der Waals surface area contributed by atoms with Crippen molar-refractivity contribution in [2.45, 2.75) is 36.7 Å². The molecule has 0 saturated carbocycles. The lowest BCUT2D eigenvalue weighted by Gasteiger charge is -2.22. The number of rotatable bonds is 5. The van der Waals surface area contributed by atoms with Gasteiger partial charge < -0.3 is 5.73 Å². The van der Waals surface area contributed by atoms with Crippen LogP contribution in [-0.4, -0.2) is 42.4 Å². The van der Waals surface area contributed by atoms with E-state index in [1.165, 1.54) is 12.1 Å². The van der Waals surface area contributed by atoms with E-state index in [1.807, 2.05) is 0 Å². The fourth-order valence-electron chi connectivity index (χ4n) is 2.93. The van der Waals surface area contributed by atoms with E-state index in [1.54, 1.807) is 30.6 Å². The summed E-state index contributed by atoms with van der Waals surface area (Å²) in [5, 5.41) is 0. The van der Waals surface area contributed by atoms with Crippen LogP contribution in [0.5, 0.6) is 0 Å². The molecule has 1 atom stereocenters. The minimum atomic E-state index is -3.67. The molecule has 1 fully saturated rings. The van der Waals surface area contributed by atoms with E-state index in [9.17, 15) is 8.42 Å². The van der Waals surface area contributed by atoms with Crippen LogP contribution in [0.2, 0.25) is 0 Å². The molecule has 1 unspecified atom stereocenters. The second-order valence-electron chi connectivity index (χ2n) is 6.32. The van der Waals surface area contributed by atoms with Gasteiger partial charge in [0.25, 0.3) is 10.0 Å². The van der Waals surface area contributed by atoms with E-state index >= 15 is 0 Å². The van der Waals surface area contributed by atoms with Crippen LogP contribution in [-0.2, 0) is 16.6 Å². The first kappa shape index (κ1) is 17.8. The number of anilines is 1. The van der Waals surface area contributed by atoms with Gasteiger partial charge in [0.05, 0.1) is 4.90 Å². The van der Waals surface area contributed by atoms with Crippen LogP contribution in [0.3, 0.4) is 0 Å². The molecule has 1 aliphatic rings. The second kappa shape index (κ2) is 7.90. The Balaban J connectivity index is 1.64. The average Bonchev–Trinajstić information content (AvgIpc) is 2.81. The highest BCUT2D eigenvalue weighted by molar-refractivity contribution is 7.92. The lowest BCUT2D eigenvalue weighted by molar-refractivity contribution is 0.264. The van der Waals surface area contributed by atoms with Gasteiger partial charge in [0, 0.05) is 37.1 Å². The van der Waals surface area contributed by atoms with Crippen LogP contribution < -0.4 is 10.5 Å². The summed E-state index contributed by atoms with van der Waals surface area (Å²) >= 11 is 0. The number of aromatic nitrogens is 2. The third-order valence-electron chi connectivity index (χ3n) is 4.18. The molecule has 3 N–H and O–H groups in total. The van der Waals surface area contributed by atoms with Crippen LogP contribution in [0.4, 0.5) is 5.95 Å². The Morgan fingerprint density at radius 2 is 1.88 bits per heavy atom. The quantitative estimate of drug-likeness (QED) is 0.839.